The number of hydrogen-bond acceptors (Lipinski definition) is 2. The summed E-state index contributed by atoms with van der Waals surface area (Å²) in [6.45, 7) is 11.0. The lowest BCUT2D eigenvalue weighted by atomic mass is 9.99. The van der Waals surface area contributed by atoms with E-state index in [-0.39, 0.29) is 11.8 Å². The van der Waals surface area contributed by atoms with Gasteiger partial charge in [-0.2, -0.15) is 0 Å². The van der Waals surface area contributed by atoms with Crippen molar-refractivity contribution in [2.45, 2.75) is 40.2 Å². The Morgan fingerprint density at radius 2 is 1.87 bits per heavy atom. The predicted octanol–water partition coefficient (Wildman–Crippen LogP) is 4.06. The van der Waals surface area contributed by atoms with Gasteiger partial charge >= 0.3 is 0 Å². The standard InChI is InChI=1S/C19H29ClN2O/c1-15(2)19(23)22(14-17-4-6-18(20)7-5-17)13-12-21-10-8-16(3)9-11-21/h4-7,15-16H,8-14H2,1-3H3. The minimum atomic E-state index is 0.0312. The smallest absolute Gasteiger partial charge is 0.225 e. The second kappa shape index (κ2) is 8.70. The van der Waals surface area contributed by atoms with Crippen LogP contribution in [0.1, 0.15) is 39.2 Å². The highest BCUT2D eigenvalue weighted by atomic mass is 35.5. The average Bonchev–Trinajstić information content (AvgIpc) is 2.54. The lowest BCUT2D eigenvalue weighted by molar-refractivity contribution is -0.135. The van der Waals surface area contributed by atoms with Gasteiger partial charge in [0.15, 0.2) is 0 Å². The molecule has 0 aliphatic carbocycles. The molecule has 1 saturated heterocycles. The predicted molar refractivity (Wildman–Crippen MR) is 96.5 cm³/mol. The summed E-state index contributed by atoms with van der Waals surface area (Å²) in [6.07, 6.45) is 2.55. The Morgan fingerprint density at radius 3 is 2.43 bits per heavy atom. The van der Waals surface area contributed by atoms with E-state index < -0.39 is 0 Å². The Balaban J connectivity index is 1.94. The molecule has 23 heavy (non-hydrogen) atoms. The molecule has 3 nitrogen and oxygen atoms in total. The van der Waals surface area contributed by atoms with Crippen molar-refractivity contribution < 1.29 is 4.79 Å². The molecule has 0 aromatic heterocycles. The minimum Gasteiger partial charge on any atom is -0.337 e. The van der Waals surface area contributed by atoms with Crippen molar-refractivity contribution in [3.8, 4) is 0 Å². The fourth-order valence-electron chi connectivity index (χ4n) is 2.99. The van der Waals surface area contributed by atoms with Crippen molar-refractivity contribution >= 4 is 17.5 Å². The Morgan fingerprint density at radius 1 is 1.26 bits per heavy atom. The third-order valence-electron chi connectivity index (χ3n) is 4.65. The van der Waals surface area contributed by atoms with Crippen LogP contribution in [0.15, 0.2) is 24.3 Å². The first-order chi connectivity index (χ1) is 11.0. The number of hydrogen-bond donors (Lipinski definition) is 0. The quantitative estimate of drug-likeness (QED) is 0.782. The summed E-state index contributed by atoms with van der Waals surface area (Å²) >= 11 is 5.95. The van der Waals surface area contributed by atoms with Crippen LogP contribution in [-0.4, -0.2) is 41.9 Å². The van der Waals surface area contributed by atoms with Crippen molar-refractivity contribution in [3.05, 3.63) is 34.9 Å². The van der Waals surface area contributed by atoms with Crippen LogP contribution >= 0.6 is 11.6 Å². The number of amides is 1. The van der Waals surface area contributed by atoms with Crippen molar-refractivity contribution in [2.75, 3.05) is 26.2 Å². The molecule has 1 heterocycles. The third kappa shape index (κ3) is 5.82. The first kappa shape index (κ1) is 18.3. The van der Waals surface area contributed by atoms with Gasteiger partial charge in [0.2, 0.25) is 5.91 Å². The molecule has 1 aromatic carbocycles. The number of likely N-dealkylation sites (tertiary alicyclic amines) is 1. The molecule has 0 unspecified atom stereocenters. The fraction of sp³-hybridized carbons (Fsp3) is 0.632. The van der Waals surface area contributed by atoms with Crippen molar-refractivity contribution in [3.63, 3.8) is 0 Å². The summed E-state index contributed by atoms with van der Waals surface area (Å²) in [7, 11) is 0. The summed E-state index contributed by atoms with van der Waals surface area (Å²) in [5, 5.41) is 0.734. The van der Waals surface area contributed by atoms with E-state index in [0.717, 1.165) is 42.7 Å². The van der Waals surface area contributed by atoms with Crippen LogP contribution in [0.4, 0.5) is 0 Å². The monoisotopic (exact) mass is 336 g/mol. The molecule has 0 spiro atoms. The maximum absolute atomic E-state index is 12.5. The van der Waals surface area contributed by atoms with Crippen LogP contribution in [0.3, 0.4) is 0 Å². The van der Waals surface area contributed by atoms with E-state index in [1.165, 1.54) is 12.8 Å². The van der Waals surface area contributed by atoms with E-state index in [1.807, 2.05) is 43.0 Å². The zero-order valence-corrected chi connectivity index (χ0v) is 15.4. The lowest BCUT2D eigenvalue weighted by Gasteiger charge is -2.33. The second-order valence-electron chi connectivity index (χ2n) is 7.07. The fourth-order valence-corrected chi connectivity index (χ4v) is 3.12. The average molecular weight is 337 g/mol. The number of nitrogens with zero attached hydrogens (tertiary/aromatic N) is 2. The summed E-state index contributed by atoms with van der Waals surface area (Å²) in [5.41, 5.74) is 1.13. The number of carbonyl (C=O) groups excluding carboxylic acids is 1. The van der Waals surface area contributed by atoms with Crippen molar-refractivity contribution in [2.24, 2.45) is 11.8 Å². The Hall–Kier alpha value is -1.06. The number of halogens is 1. The van der Waals surface area contributed by atoms with Crippen LogP contribution < -0.4 is 0 Å². The van der Waals surface area contributed by atoms with Crippen LogP contribution in [-0.2, 0) is 11.3 Å². The third-order valence-corrected chi connectivity index (χ3v) is 4.91. The topological polar surface area (TPSA) is 23.6 Å². The molecule has 1 aromatic rings. The molecule has 0 atom stereocenters. The summed E-state index contributed by atoms with van der Waals surface area (Å²) in [5.74, 6) is 1.10. The molecule has 0 N–H and O–H groups in total. The molecule has 2 rings (SSSR count). The lowest BCUT2D eigenvalue weighted by Crippen LogP contribution is -2.42. The van der Waals surface area contributed by atoms with Crippen LogP contribution in [0, 0.1) is 11.8 Å². The maximum Gasteiger partial charge on any atom is 0.225 e. The second-order valence-corrected chi connectivity index (χ2v) is 7.50. The van der Waals surface area contributed by atoms with Gasteiger partial charge in [-0.1, -0.05) is 44.5 Å². The first-order valence-corrected chi connectivity index (χ1v) is 9.09. The van der Waals surface area contributed by atoms with Gasteiger partial charge in [-0.25, -0.2) is 0 Å². The molecule has 4 heteroatoms. The van der Waals surface area contributed by atoms with E-state index in [2.05, 4.69) is 11.8 Å². The largest absolute Gasteiger partial charge is 0.337 e. The SMILES string of the molecule is CC1CCN(CCN(Cc2ccc(Cl)cc2)C(=O)C(C)C)CC1. The molecule has 1 aliphatic rings. The summed E-state index contributed by atoms with van der Waals surface area (Å²) in [6, 6.07) is 7.79. The zero-order valence-electron chi connectivity index (χ0n) is 14.6. The summed E-state index contributed by atoms with van der Waals surface area (Å²) in [4.78, 5) is 17.0. The van der Waals surface area contributed by atoms with Gasteiger partial charge in [-0.3, -0.25) is 4.79 Å². The number of rotatable bonds is 6. The Kier molecular flexibility index (Phi) is 6.91. The van der Waals surface area contributed by atoms with Gasteiger partial charge in [-0.05, 0) is 49.5 Å². The number of piperidine rings is 1. The molecule has 1 amide bonds. The van der Waals surface area contributed by atoms with Gasteiger partial charge in [0, 0.05) is 30.6 Å². The molecule has 0 bridgehead atoms. The molecule has 0 radical (unpaired) electrons. The van der Waals surface area contributed by atoms with Gasteiger partial charge in [0.25, 0.3) is 0 Å². The Bertz CT molecular complexity index is 493. The Labute approximate surface area is 145 Å². The van der Waals surface area contributed by atoms with Gasteiger partial charge in [-0.15, -0.1) is 0 Å². The van der Waals surface area contributed by atoms with E-state index in [9.17, 15) is 4.79 Å². The van der Waals surface area contributed by atoms with E-state index in [4.69, 9.17) is 11.6 Å². The highest BCUT2D eigenvalue weighted by Gasteiger charge is 2.20. The zero-order chi connectivity index (χ0) is 16.8. The normalized spacial score (nSPS) is 16.7. The maximum atomic E-state index is 12.5. The molecule has 1 aliphatic heterocycles. The number of benzene rings is 1. The minimum absolute atomic E-state index is 0.0312. The van der Waals surface area contributed by atoms with Gasteiger partial charge < -0.3 is 9.80 Å². The van der Waals surface area contributed by atoms with Crippen LogP contribution in [0.5, 0.6) is 0 Å². The van der Waals surface area contributed by atoms with E-state index >= 15 is 0 Å². The molecular formula is C19H29ClN2O. The number of carbonyl (C=O) groups is 1. The van der Waals surface area contributed by atoms with Gasteiger partial charge in [0.1, 0.15) is 0 Å². The van der Waals surface area contributed by atoms with Gasteiger partial charge in [0.05, 0.1) is 0 Å². The molecule has 1 fully saturated rings. The van der Waals surface area contributed by atoms with Crippen molar-refractivity contribution in [1.82, 2.24) is 9.80 Å². The molecule has 0 saturated carbocycles. The molecule has 128 valence electrons. The van der Waals surface area contributed by atoms with E-state index in [0.29, 0.717) is 6.54 Å². The van der Waals surface area contributed by atoms with Crippen LogP contribution in [0.25, 0.3) is 0 Å². The highest BCUT2D eigenvalue weighted by molar-refractivity contribution is 6.30. The van der Waals surface area contributed by atoms with Crippen LogP contribution in [0.2, 0.25) is 5.02 Å². The first-order valence-electron chi connectivity index (χ1n) is 8.71. The summed E-state index contributed by atoms with van der Waals surface area (Å²) < 4.78 is 0. The molecular weight excluding hydrogens is 308 g/mol. The highest BCUT2D eigenvalue weighted by Crippen LogP contribution is 2.17. The van der Waals surface area contributed by atoms with Crippen molar-refractivity contribution in [1.29, 1.82) is 0 Å². The van der Waals surface area contributed by atoms with E-state index in [1.54, 1.807) is 0 Å².